The van der Waals surface area contributed by atoms with Crippen LogP contribution in [0.25, 0.3) is 11.1 Å². The predicted octanol–water partition coefficient (Wildman–Crippen LogP) is 6.25. The minimum absolute atomic E-state index is 0.209. The highest BCUT2D eigenvalue weighted by Gasteiger charge is 2.20. The van der Waals surface area contributed by atoms with Gasteiger partial charge in [-0.05, 0) is 66.3 Å². The molecule has 1 saturated carbocycles. The summed E-state index contributed by atoms with van der Waals surface area (Å²) in [6.45, 7) is 0. The average molecular weight is 298 g/mol. The van der Waals surface area contributed by atoms with E-state index in [0.29, 0.717) is 18.2 Å². The third-order valence-corrected chi connectivity index (χ3v) is 4.68. The van der Waals surface area contributed by atoms with Crippen LogP contribution in [0, 0.1) is 11.7 Å². The topological polar surface area (TPSA) is 0 Å². The first-order chi connectivity index (χ1) is 10.8. The van der Waals surface area contributed by atoms with Crippen LogP contribution in [0.1, 0.15) is 37.2 Å². The van der Waals surface area contributed by atoms with E-state index in [-0.39, 0.29) is 5.82 Å². The van der Waals surface area contributed by atoms with Crippen LogP contribution in [0.2, 0.25) is 0 Å². The molecule has 0 spiro atoms. The molecule has 2 aromatic carbocycles. The fourth-order valence-corrected chi connectivity index (χ4v) is 3.34. The van der Waals surface area contributed by atoms with Gasteiger partial charge in [-0.2, -0.15) is 0 Å². The van der Waals surface area contributed by atoms with Gasteiger partial charge in [0.2, 0.25) is 0 Å². The second-order valence-corrected chi connectivity index (χ2v) is 6.06. The summed E-state index contributed by atoms with van der Waals surface area (Å²) in [5, 5.41) is 0. The summed E-state index contributed by atoms with van der Waals surface area (Å²) in [5.74, 6) is 0.769. The Hall–Kier alpha value is -1.96. The Labute approximate surface area is 130 Å². The maximum Gasteiger partial charge on any atom is 0.123 e. The van der Waals surface area contributed by atoms with Crippen molar-refractivity contribution < 1.29 is 8.78 Å². The van der Waals surface area contributed by atoms with Crippen molar-refractivity contribution in [1.82, 2.24) is 0 Å². The highest BCUT2D eigenvalue weighted by Crippen LogP contribution is 2.36. The molecule has 0 unspecified atom stereocenters. The molecule has 0 aromatic heterocycles. The van der Waals surface area contributed by atoms with Crippen molar-refractivity contribution in [1.29, 1.82) is 0 Å². The Kier molecular flexibility index (Phi) is 4.67. The molecule has 1 fully saturated rings. The zero-order valence-corrected chi connectivity index (χ0v) is 12.5. The lowest BCUT2D eigenvalue weighted by Crippen LogP contribution is -2.11. The van der Waals surface area contributed by atoms with E-state index in [1.54, 1.807) is 18.2 Å². The van der Waals surface area contributed by atoms with Crippen LogP contribution in [-0.4, -0.2) is 0 Å². The van der Waals surface area contributed by atoms with Crippen LogP contribution in [-0.2, 0) is 0 Å². The summed E-state index contributed by atoms with van der Waals surface area (Å²) in [4.78, 5) is 0. The number of benzene rings is 2. The molecule has 0 amide bonds. The molecule has 0 radical (unpaired) electrons. The van der Waals surface area contributed by atoms with Crippen molar-refractivity contribution in [3.8, 4) is 11.1 Å². The lowest BCUT2D eigenvalue weighted by Gasteiger charge is -2.27. The molecular weight excluding hydrogens is 278 g/mol. The highest BCUT2D eigenvalue weighted by atomic mass is 19.1. The molecule has 0 nitrogen and oxygen atoms in total. The van der Waals surface area contributed by atoms with Crippen molar-refractivity contribution >= 4 is 0 Å². The summed E-state index contributed by atoms with van der Waals surface area (Å²) < 4.78 is 25.2. The van der Waals surface area contributed by atoms with Gasteiger partial charge in [0.25, 0.3) is 0 Å². The van der Waals surface area contributed by atoms with E-state index in [1.165, 1.54) is 17.7 Å². The van der Waals surface area contributed by atoms with E-state index < -0.39 is 0 Å². The molecule has 1 aliphatic carbocycles. The average Bonchev–Trinajstić information content (AvgIpc) is 2.57. The van der Waals surface area contributed by atoms with Gasteiger partial charge in [0.15, 0.2) is 0 Å². The van der Waals surface area contributed by atoms with E-state index in [2.05, 4.69) is 24.3 Å². The lowest BCUT2D eigenvalue weighted by atomic mass is 9.78. The van der Waals surface area contributed by atoms with Gasteiger partial charge in [0.1, 0.15) is 5.82 Å². The van der Waals surface area contributed by atoms with Crippen molar-refractivity contribution in [3.63, 3.8) is 0 Å². The molecule has 1 aliphatic rings. The summed E-state index contributed by atoms with van der Waals surface area (Å²) in [6, 6.07) is 15.2. The normalized spacial score (nSPS) is 22.1. The molecule has 114 valence electrons. The fourth-order valence-electron chi connectivity index (χ4n) is 3.34. The zero-order chi connectivity index (χ0) is 15.4. The van der Waals surface area contributed by atoms with Gasteiger partial charge in [0, 0.05) is 0 Å². The highest BCUT2D eigenvalue weighted by molar-refractivity contribution is 5.63. The molecule has 0 saturated heterocycles. The molecule has 0 bridgehead atoms. The zero-order valence-electron chi connectivity index (χ0n) is 12.5. The quantitative estimate of drug-likeness (QED) is 0.628. The van der Waals surface area contributed by atoms with Gasteiger partial charge in [-0.1, -0.05) is 42.5 Å². The number of halogens is 2. The molecule has 0 aliphatic heterocycles. The third-order valence-electron chi connectivity index (χ3n) is 4.68. The maximum absolute atomic E-state index is 13.0. The van der Waals surface area contributed by atoms with Gasteiger partial charge in [-0.25, -0.2) is 8.78 Å². The smallest absolute Gasteiger partial charge is 0.123 e. The van der Waals surface area contributed by atoms with Crippen LogP contribution < -0.4 is 0 Å². The summed E-state index contributed by atoms with van der Waals surface area (Å²) in [5.41, 5.74) is 3.50. The van der Waals surface area contributed by atoms with Gasteiger partial charge in [-0.3, -0.25) is 0 Å². The second-order valence-electron chi connectivity index (χ2n) is 6.06. The molecule has 0 atom stereocenters. The molecule has 22 heavy (non-hydrogen) atoms. The van der Waals surface area contributed by atoms with Crippen molar-refractivity contribution in [2.75, 3.05) is 0 Å². The summed E-state index contributed by atoms with van der Waals surface area (Å²) >= 11 is 0. The van der Waals surface area contributed by atoms with Crippen LogP contribution in [0.5, 0.6) is 0 Å². The second kappa shape index (κ2) is 6.87. The van der Waals surface area contributed by atoms with Crippen molar-refractivity contribution in [3.05, 3.63) is 72.3 Å². The molecule has 2 aromatic rings. The minimum Gasteiger partial charge on any atom is -0.216 e. The Morgan fingerprint density at radius 3 is 1.86 bits per heavy atom. The van der Waals surface area contributed by atoms with E-state index in [1.807, 2.05) is 0 Å². The van der Waals surface area contributed by atoms with Crippen molar-refractivity contribution in [2.24, 2.45) is 5.92 Å². The molecular formula is C20H20F2. The van der Waals surface area contributed by atoms with E-state index >= 15 is 0 Å². The van der Waals surface area contributed by atoms with Crippen LogP contribution in [0.15, 0.2) is 60.9 Å². The molecule has 2 heteroatoms. The van der Waals surface area contributed by atoms with Crippen molar-refractivity contribution in [2.45, 2.75) is 31.6 Å². The Morgan fingerprint density at radius 1 is 0.773 bits per heavy atom. The van der Waals surface area contributed by atoms with E-state index in [4.69, 9.17) is 0 Å². The Bertz CT molecular complexity index is 618. The number of hydrogen-bond acceptors (Lipinski definition) is 0. The van der Waals surface area contributed by atoms with Crippen LogP contribution in [0.4, 0.5) is 8.78 Å². The van der Waals surface area contributed by atoms with Gasteiger partial charge >= 0.3 is 0 Å². The molecule has 0 N–H and O–H groups in total. The van der Waals surface area contributed by atoms with E-state index in [0.717, 1.165) is 36.8 Å². The van der Waals surface area contributed by atoms with Crippen LogP contribution >= 0.6 is 0 Å². The number of hydrogen-bond donors (Lipinski definition) is 0. The Morgan fingerprint density at radius 2 is 1.32 bits per heavy atom. The monoisotopic (exact) mass is 298 g/mol. The third kappa shape index (κ3) is 3.44. The number of allylic oxidation sites excluding steroid dienone is 1. The minimum atomic E-state index is -0.209. The van der Waals surface area contributed by atoms with Crippen LogP contribution in [0.3, 0.4) is 0 Å². The first kappa shape index (κ1) is 15.0. The first-order valence-electron chi connectivity index (χ1n) is 7.89. The van der Waals surface area contributed by atoms with Gasteiger partial charge in [0.05, 0.1) is 6.33 Å². The number of rotatable bonds is 3. The molecule has 0 heterocycles. The van der Waals surface area contributed by atoms with E-state index in [9.17, 15) is 8.78 Å². The fraction of sp³-hybridized carbons (Fsp3) is 0.300. The Balaban J connectivity index is 1.68. The summed E-state index contributed by atoms with van der Waals surface area (Å²) in [6.07, 6.45) is 6.72. The van der Waals surface area contributed by atoms with Gasteiger partial charge < -0.3 is 0 Å². The van der Waals surface area contributed by atoms with Gasteiger partial charge in [-0.15, -0.1) is 0 Å². The first-order valence-corrected chi connectivity index (χ1v) is 7.89. The maximum atomic E-state index is 13.0. The summed E-state index contributed by atoms with van der Waals surface area (Å²) in [7, 11) is 0. The predicted molar refractivity (Wildman–Crippen MR) is 86.8 cm³/mol. The largest absolute Gasteiger partial charge is 0.216 e. The SMILES string of the molecule is FC=CC1CCC(c2ccc(-c3ccc(F)cc3)cc2)CC1. The standard InChI is InChI=1S/C20H20F2/c21-14-13-15-1-3-16(4-2-15)17-5-7-18(8-6-17)19-9-11-20(22)12-10-19/h5-16H,1-4H2. The molecule has 3 rings (SSSR count). The lowest BCUT2D eigenvalue weighted by molar-refractivity contribution is 0.373.